The molecule has 1 heterocycles. The van der Waals surface area contributed by atoms with Crippen LogP contribution in [0.15, 0.2) is 45.9 Å². The number of carbonyl (C=O) groups is 1. The van der Waals surface area contributed by atoms with Gasteiger partial charge in [-0.3, -0.25) is 4.79 Å². The van der Waals surface area contributed by atoms with Crippen LogP contribution in [0.25, 0.3) is 0 Å². The summed E-state index contributed by atoms with van der Waals surface area (Å²) < 4.78 is 33.2. The lowest BCUT2D eigenvalue weighted by molar-refractivity contribution is -0.135. The largest absolute Gasteiger partial charge is 0.468 e. The SMILES string of the molecule is Cc1ccc(S(=O)(=O)N(CC(=O)N(C(C)C)C(C)C)Cc2ccco2)cc1C. The molecule has 1 aromatic heterocycles. The molecule has 1 amide bonds. The smallest absolute Gasteiger partial charge is 0.243 e. The first-order valence-electron chi connectivity index (χ1n) is 9.45. The van der Waals surface area contributed by atoms with Crippen molar-refractivity contribution in [1.29, 1.82) is 0 Å². The van der Waals surface area contributed by atoms with E-state index >= 15 is 0 Å². The Morgan fingerprint density at radius 3 is 2.18 bits per heavy atom. The van der Waals surface area contributed by atoms with Crippen molar-refractivity contribution in [2.45, 2.75) is 65.1 Å². The molecule has 154 valence electrons. The van der Waals surface area contributed by atoms with Crippen LogP contribution in [-0.2, 0) is 21.4 Å². The molecule has 0 aliphatic carbocycles. The molecule has 0 fully saturated rings. The molecule has 0 spiro atoms. The molecule has 7 heteroatoms. The Hall–Kier alpha value is -2.12. The monoisotopic (exact) mass is 406 g/mol. The van der Waals surface area contributed by atoms with E-state index in [1.54, 1.807) is 35.2 Å². The Labute approximate surface area is 168 Å². The normalized spacial score (nSPS) is 12.2. The third-order valence-corrected chi connectivity index (χ3v) is 6.53. The first kappa shape index (κ1) is 22.2. The quantitative estimate of drug-likeness (QED) is 0.670. The predicted molar refractivity (Wildman–Crippen MR) is 109 cm³/mol. The summed E-state index contributed by atoms with van der Waals surface area (Å²) in [5.41, 5.74) is 1.90. The zero-order chi connectivity index (χ0) is 21.1. The number of rotatable bonds is 8. The Balaban J connectivity index is 2.40. The molecule has 0 aliphatic heterocycles. The highest BCUT2D eigenvalue weighted by atomic mass is 32.2. The van der Waals surface area contributed by atoms with Gasteiger partial charge in [-0.2, -0.15) is 4.31 Å². The van der Waals surface area contributed by atoms with E-state index in [-0.39, 0.29) is 36.0 Å². The van der Waals surface area contributed by atoms with Gasteiger partial charge in [0, 0.05) is 12.1 Å². The van der Waals surface area contributed by atoms with Crippen LogP contribution in [0.2, 0.25) is 0 Å². The first-order valence-corrected chi connectivity index (χ1v) is 10.9. The van der Waals surface area contributed by atoms with Crippen LogP contribution in [-0.4, -0.2) is 42.2 Å². The summed E-state index contributed by atoms with van der Waals surface area (Å²) in [6, 6.07) is 8.36. The van der Waals surface area contributed by atoms with Crippen molar-refractivity contribution in [3.05, 3.63) is 53.5 Å². The lowest BCUT2D eigenvalue weighted by atomic mass is 10.1. The molecule has 0 radical (unpaired) electrons. The molecular formula is C21H30N2O4S. The fraction of sp³-hybridized carbons (Fsp3) is 0.476. The Bertz CT molecular complexity index is 894. The van der Waals surface area contributed by atoms with Crippen LogP contribution in [0.4, 0.5) is 0 Å². The molecule has 0 aliphatic rings. The van der Waals surface area contributed by atoms with E-state index in [0.717, 1.165) is 11.1 Å². The summed E-state index contributed by atoms with van der Waals surface area (Å²) in [4.78, 5) is 14.8. The molecular weight excluding hydrogens is 376 g/mol. The van der Waals surface area contributed by atoms with Crippen molar-refractivity contribution in [3.63, 3.8) is 0 Å². The minimum atomic E-state index is -3.87. The standard InChI is InChI=1S/C21H30N2O4S/c1-15(2)23(16(3)4)21(24)14-22(13-19-8-7-11-27-19)28(25,26)20-10-9-17(5)18(6)12-20/h7-12,15-16H,13-14H2,1-6H3. The highest BCUT2D eigenvalue weighted by molar-refractivity contribution is 7.89. The molecule has 0 unspecified atom stereocenters. The molecule has 28 heavy (non-hydrogen) atoms. The molecule has 6 nitrogen and oxygen atoms in total. The van der Waals surface area contributed by atoms with Gasteiger partial charge in [0.05, 0.1) is 24.2 Å². The Kier molecular flexibility index (Phi) is 7.06. The van der Waals surface area contributed by atoms with Crippen molar-refractivity contribution in [2.75, 3.05) is 6.54 Å². The highest BCUT2D eigenvalue weighted by Crippen LogP contribution is 2.22. The molecule has 0 N–H and O–H groups in total. The number of benzene rings is 1. The van der Waals surface area contributed by atoms with E-state index in [4.69, 9.17) is 4.42 Å². The predicted octanol–water partition coefficient (Wildman–Crippen LogP) is 3.73. The van der Waals surface area contributed by atoms with E-state index in [1.165, 1.54) is 10.6 Å². The van der Waals surface area contributed by atoms with E-state index in [1.807, 2.05) is 41.5 Å². The van der Waals surface area contributed by atoms with Gasteiger partial charge in [0.15, 0.2) is 0 Å². The minimum absolute atomic E-state index is 0.00196. The molecule has 0 atom stereocenters. The number of hydrogen-bond acceptors (Lipinski definition) is 4. The summed E-state index contributed by atoms with van der Waals surface area (Å²) in [7, 11) is -3.87. The molecule has 1 aromatic carbocycles. The number of hydrogen-bond donors (Lipinski definition) is 0. The average molecular weight is 407 g/mol. The number of nitrogens with zero attached hydrogens (tertiary/aromatic N) is 2. The van der Waals surface area contributed by atoms with Crippen LogP contribution in [0.3, 0.4) is 0 Å². The number of aryl methyl sites for hydroxylation is 2. The second kappa shape index (κ2) is 8.92. The summed E-state index contributed by atoms with van der Waals surface area (Å²) in [6.45, 7) is 11.2. The molecule has 0 saturated heterocycles. The summed E-state index contributed by atoms with van der Waals surface area (Å²) >= 11 is 0. The fourth-order valence-corrected chi connectivity index (χ4v) is 4.67. The van der Waals surface area contributed by atoms with Gasteiger partial charge >= 0.3 is 0 Å². The summed E-state index contributed by atoms with van der Waals surface area (Å²) in [5, 5.41) is 0. The molecule has 2 rings (SSSR count). The van der Waals surface area contributed by atoms with Crippen LogP contribution >= 0.6 is 0 Å². The minimum Gasteiger partial charge on any atom is -0.468 e. The van der Waals surface area contributed by atoms with Gasteiger partial charge in [-0.25, -0.2) is 8.42 Å². The summed E-state index contributed by atoms with van der Waals surface area (Å²) in [5.74, 6) is 0.254. The fourth-order valence-electron chi connectivity index (χ4n) is 3.23. The van der Waals surface area contributed by atoms with Crippen LogP contribution in [0.5, 0.6) is 0 Å². The first-order chi connectivity index (χ1) is 13.0. The highest BCUT2D eigenvalue weighted by Gasteiger charge is 2.31. The van der Waals surface area contributed by atoms with Gasteiger partial charge in [0.2, 0.25) is 15.9 Å². The van der Waals surface area contributed by atoms with Gasteiger partial charge in [0.1, 0.15) is 5.76 Å². The van der Waals surface area contributed by atoms with Crippen molar-refractivity contribution < 1.29 is 17.6 Å². The molecule has 0 saturated carbocycles. The summed E-state index contributed by atoms with van der Waals surface area (Å²) in [6.07, 6.45) is 1.49. The van der Waals surface area contributed by atoms with E-state index < -0.39 is 10.0 Å². The van der Waals surface area contributed by atoms with Crippen molar-refractivity contribution in [1.82, 2.24) is 9.21 Å². The maximum absolute atomic E-state index is 13.3. The maximum Gasteiger partial charge on any atom is 0.243 e. The van der Waals surface area contributed by atoms with Crippen molar-refractivity contribution in [2.24, 2.45) is 0 Å². The van der Waals surface area contributed by atoms with E-state index in [2.05, 4.69) is 0 Å². The lowest BCUT2D eigenvalue weighted by Crippen LogP contribution is -2.48. The third-order valence-electron chi connectivity index (χ3n) is 4.74. The molecule has 0 bridgehead atoms. The maximum atomic E-state index is 13.3. The van der Waals surface area contributed by atoms with Crippen LogP contribution < -0.4 is 0 Å². The van der Waals surface area contributed by atoms with E-state index in [9.17, 15) is 13.2 Å². The number of amides is 1. The number of furan rings is 1. The third kappa shape index (κ3) is 5.02. The molecule has 2 aromatic rings. The Morgan fingerprint density at radius 1 is 1.04 bits per heavy atom. The lowest BCUT2D eigenvalue weighted by Gasteiger charge is -2.33. The van der Waals surface area contributed by atoms with Gasteiger partial charge in [-0.1, -0.05) is 6.07 Å². The zero-order valence-electron chi connectivity index (χ0n) is 17.5. The Morgan fingerprint density at radius 2 is 1.68 bits per heavy atom. The van der Waals surface area contributed by atoms with Crippen molar-refractivity contribution in [3.8, 4) is 0 Å². The van der Waals surface area contributed by atoms with Crippen LogP contribution in [0.1, 0.15) is 44.6 Å². The number of sulfonamides is 1. The second-order valence-electron chi connectivity index (χ2n) is 7.59. The van der Waals surface area contributed by atoms with Gasteiger partial charge in [-0.15, -0.1) is 0 Å². The van der Waals surface area contributed by atoms with Crippen LogP contribution in [0, 0.1) is 13.8 Å². The topological polar surface area (TPSA) is 70.8 Å². The van der Waals surface area contributed by atoms with Gasteiger partial charge in [-0.05, 0) is 76.9 Å². The van der Waals surface area contributed by atoms with Gasteiger partial charge < -0.3 is 9.32 Å². The zero-order valence-corrected chi connectivity index (χ0v) is 18.3. The van der Waals surface area contributed by atoms with E-state index in [0.29, 0.717) is 5.76 Å². The second-order valence-corrected chi connectivity index (χ2v) is 9.52. The average Bonchev–Trinajstić information content (AvgIpc) is 3.09. The number of carbonyl (C=O) groups excluding carboxylic acids is 1. The van der Waals surface area contributed by atoms with Crippen molar-refractivity contribution >= 4 is 15.9 Å². The van der Waals surface area contributed by atoms with Gasteiger partial charge in [0.25, 0.3) is 0 Å².